The van der Waals surface area contributed by atoms with E-state index in [4.69, 9.17) is 34.0 Å². The highest BCUT2D eigenvalue weighted by molar-refractivity contribution is 8.69. The topological polar surface area (TPSA) is 46.2 Å². The lowest BCUT2D eigenvalue weighted by molar-refractivity contribution is 0.244. The van der Waals surface area contributed by atoms with Crippen molar-refractivity contribution in [2.45, 2.75) is 44.9 Å². The van der Waals surface area contributed by atoms with E-state index < -0.39 is 22.6 Å². The summed E-state index contributed by atoms with van der Waals surface area (Å²) in [6.45, 7) is 6.98. The minimum Gasteiger partial charge on any atom is -0.398 e. The standard InChI is InChI=1S/C14H35O5PS2Si2/c1-8-20(21,19-11-9-13-23(6,15-2)16-3)22-12-10-14-24(7,17-4)18-5/h8-14H2,1-7H3. The highest BCUT2D eigenvalue weighted by Crippen LogP contribution is 2.60. The Balaban J connectivity index is 4.15. The van der Waals surface area contributed by atoms with Gasteiger partial charge in [0.15, 0.2) is 0 Å². The van der Waals surface area contributed by atoms with Gasteiger partial charge >= 0.3 is 17.1 Å². The van der Waals surface area contributed by atoms with E-state index in [-0.39, 0.29) is 0 Å². The molecule has 146 valence electrons. The zero-order valence-corrected chi connectivity index (χ0v) is 20.8. The minimum atomic E-state index is -2.00. The van der Waals surface area contributed by atoms with Crippen molar-refractivity contribution in [1.29, 1.82) is 0 Å². The van der Waals surface area contributed by atoms with E-state index >= 15 is 0 Å². The SMILES string of the molecule is CCP(=S)(OCCC[Si](C)(OC)OC)SCCC[Si](C)(OC)OC. The summed E-state index contributed by atoms with van der Waals surface area (Å²) in [5.74, 6) is 1.00. The van der Waals surface area contributed by atoms with Crippen LogP contribution in [0.15, 0.2) is 0 Å². The Labute approximate surface area is 159 Å². The van der Waals surface area contributed by atoms with Gasteiger partial charge in [-0.15, -0.1) is 0 Å². The average molecular weight is 435 g/mol. The molecule has 0 spiro atoms. The van der Waals surface area contributed by atoms with Crippen molar-refractivity contribution < 1.29 is 22.2 Å². The Kier molecular flexibility index (Phi) is 13.2. The maximum atomic E-state index is 6.10. The molecule has 0 radical (unpaired) electrons. The van der Waals surface area contributed by atoms with E-state index in [0.717, 1.165) is 36.8 Å². The maximum absolute atomic E-state index is 6.10. The average Bonchev–Trinajstić information content (AvgIpc) is 2.62. The lowest BCUT2D eigenvalue weighted by atomic mass is 10.5. The first-order valence-corrected chi connectivity index (χ1v) is 17.8. The van der Waals surface area contributed by atoms with Gasteiger partial charge < -0.3 is 22.2 Å². The molecule has 0 N–H and O–H groups in total. The van der Waals surface area contributed by atoms with Gasteiger partial charge in [-0.2, -0.15) is 0 Å². The molecule has 0 fully saturated rings. The summed E-state index contributed by atoms with van der Waals surface area (Å²) in [6.07, 6.45) is 2.90. The van der Waals surface area contributed by atoms with Crippen molar-refractivity contribution in [3.05, 3.63) is 0 Å². The van der Waals surface area contributed by atoms with Crippen LogP contribution >= 0.6 is 16.8 Å². The van der Waals surface area contributed by atoms with Gasteiger partial charge in [0, 0.05) is 40.4 Å². The Morgan fingerprint density at radius 1 is 0.875 bits per heavy atom. The van der Waals surface area contributed by atoms with E-state index in [2.05, 4.69) is 20.0 Å². The van der Waals surface area contributed by atoms with E-state index in [0.29, 0.717) is 6.61 Å². The van der Waals surface area contributed by atoms with Gasteiger partial charge in [-0.1, -0.05) is 30.1 Å². The lowest BCUT2D eigenvalue weighted by Crippen LogP contribution is -2.36. The first-order valence-electron chi connectivity index (χ1n) is 8.31. The highest BCUT2D eigenvalue weighted by atomic mass is 32.9. The van der Waals surface area contributed by atoms with Crippen molar-refractivity contribution in [2.75, 3.05) is 47.0 Å². The van der Waals surface area contributed by atoms with Gasteiger partial charge in [0.05, 0.1) is 6.61 Å². The van der Waals surface area contributed by atoms with Gasteiger partial charge in [-0.3, -0.25) is 0 Å². The molecule has 1 atom stereocenters. The van der Waals surface area contributed by atoms with Crippen LogP contribution in [0.4, 0.5) is 0 Å². The van der Waals surface area contributed by atoms with Crippen molar-refractivity contribution in [3.8, 4) is 0 Å². The molecule has 5 nitrogen and oxygen atoms in total. The first-order chi connectivity index (χ1) is 11.2. The molecule has 0 aromatic carbocycles. The van der Waals surface area contributed by atoms with Crippen LogP contribution in [0.25, 0.3) is 0 Å². The molecule has 0 heterocycles. The molecule has 0 saturated heterocycles. The van der Waals surface area contributed by atoms with Crippen molar-refractivity contribution >= 4 is 45.8 Å². The third-order valence-electron chi connectivity index (χ3n) is 4.24. The molecule has 0 rings (SSSR count). The normalized spacial score (nSPS) is 15.5. The van der Waals surface area contributed by atoms with Gasteiger partial charge in [-0.25, -0.2) is 0 Å². The number of rotatable bonds is 15. The molecule has 0 aromatic rings. The fourth-order valence-electron chi connectivity index (χ4n) is 1.99. The van der Waals surface area contributed by atoms with Crippen LogP contribution in [0.3, 0.4) is 0 Å². The molecule has 1 unspecified atom stereocenters. The van der Waals surface area contributed by atoms with E-state index in [1.165, 1.54) is 0 Å². The molecule has 0 amide bonds. The summed E-state index contributed by atoms with van der Waals surface area (Å²) in [5.41, 5.74) is -1.78. The molecule has 0 aliphatic rings. The zero-order valence-electron chi connectivity index (χ0n) is 16.3. The molecular formula is C14H35O5PS2Si2. The van der Waals surface area contributed by atoms with Crippen molar-refractivity contribution in [3.63, 3.8) is 0 Å². The Morgan fingerprint density at radius 2 is 1.33 bits per heavy atom. The van der Waals surface area contributed by atoms with Crippen LogP contribution in [-0.4, -0.2) is 64.1 Å². The van der Waals surface area contributed by atoms with Crippen LogP contribution in [-0.2, 0) is 34.0 Å². The lowest BCUT2D eigenvalue weighted by Gasteiger charge is -2.25. The molecule has 10 heteroatoms. The first kappa shape index (κ1) is 25.2. The van der Waals surface area contributed by atoms with E-state index in [9.17, 15) is 0 Å². The minimum absolute atomic E-state index is 0.691. The molecule has 0 aromatic heterocycles. The predicted octanol–water partition coefficient (Wildman–Crippen LogP) is 4.58. The third kappa shape index (κ3) is 9.80. The largest absolute Gasteiger partial charge is 0.398 e. The van der Waals surface area contributed by atoms with Crippen LogP contribution in [0, 0.1) is 0 Å². The zero-order chi connectivity index (χ0) is 18.7. The Morgan fingerprint density at radius 3 is 1.75 bits per heavy atom. The molecule has 0 aliphatic carbocycles. The monoisotopic (exact) mass is 434 g/mol. The van der Waals surface area contributed by atoms with Gasteiger partial charge in [0.1, 0.15) is 5.47 Å². The van der Waals surface area contributed by atoms with Gasteiger partial charge in [0.25, 0.3) is 0 Å². The summed E-state index contributed by atoms with van der Waals surface area (Å²) in [4.78, 5) is 0. The Bertz CT molecular complexity index is 352. The van der Waals surface area contributed by atoms with E-state index in [1.54, 1.807) is 28.4 Å². The summed E-state index contributed by atoms with van der Waals surface area (Å²) < 4.78 is 28.1. The summed E-state index contributed by atoms with van der Waals surface area (Å²) in [7, 11) is 2.96. The molecule has 0 bridgehead atoms. The second-order valence-corrected chi connectivity index (χ2v) is 20.8. The van der Waals surface area contributed by atoms with Crippen molar-refractivity contribution in [2.24, 2.45) is 0 Å². The highest BCUT2D eigenvalue weighted by Gasteiger charge is 2.29. The summed E-state index contributed by atoms with van der Waals surface area (Å²) >= 11 is 7.60. The maximum Gasteiger partial charge on any atom is 0.334 e. The molecule has 0 saturated carbocycles. The van der Waals surface area contributed by atoms with E-state index in [1.807, 2.05) is 11.4 Å². The second-order valence-electron chi connectivity index (χ2n) is 5.88. The van der Waals surface area contributed by atoms with Gasteiger partial charge in [0.2, 0.25) is 0 Å². The predicted molar refractivity (Wildman–Crippen MR) is 113 cm³/mol. The third-order valence-corrected chi connectivity index (χ3v) is 17.3. The fraction of sp³-hybridized carbons (Fsp3) is 1.00. The number of hydrogen-bond acceptors (Lipinski definition) is 7. The Hall–Kier alpha value is 1.23. The van der Waals surface area contributed by atoms with Crippen LogP contribution < -0.4 is 0 Å². The molecule has 24 heavy (non-hydrogen) atoms. The smallest absolute Gasteiger partial charge is 0.334 e. The second kappa shape index (κ2) is 12.6. The number of hydrogen-bond donors (Lipinski definition) is 0. The fourth-order valence-corrected chi connectivity index (χ4v) is 9.51. The summed E-state index contributed by atoms with van der Waals surface area (Å²) in [6, 6.07) is 1.91. The van der Waals surface area contributed by atoms with Crippen LogP contribution in [0.1, 0.15) is 19.8 Å². The summed E-state index contributed by atoms with van der Waals surface area (Å²) in [5, 5.41) is 0. The molecular weight excluding hydrogens is 399 g/mol. The van der Waals surface area contributed by atoms with Crippen molar-refractivity contribution in [1.82, 2.24) is 0 Å². The van der Waals surface area contributed by atoms with Gasteiger partial charge in [-0.05, 0) is 38.0 Å². The van der Waals surface area contributed by atoms with Crippen LogP contribution in [0.5, 0.6) is 0 Å². The quantitative estimate of drug-likeness (QED) is 0.212. The van der Waals surface area contributed by atoms with Crippen LogP contribution in [0.2, 0.25) is 25.2 Å². The molecule has 0 aliphatic heterocycles.